The van der Waals surface area contributed by atoms with Gasteiger partial charge < -0.3 is 20.5 Å². The van der Waals surface area contributed by atoms with E-state index in [0.717, 1.165) is 27.8 Å². The lowest BCUT2D eigenvalue weighted by Crippen LogP contribution is -2.43. The van der Waals surface area contributed by atoms with Gasteiger partial charge in [-0.15, -0.1) is 0 Å². The Labute approximate surface area is 190 Å². The lowest BCUT2D eigenvalue weighted by atomic mass is 9.93. The number of aliphatic carboxylic acids is 1. The monoisotopic (exact) mass is 442 g/mol. The number of carbonyl (C=O) groups excluding carboxylic acids is 2. The zero-order valence-electron chi connectivity index (χ0n) is 17.7. The van der Waals surface area contributed by atoms with Crippen LogP contribution in [0.1, 0.15) is 34.9 Å². The van der Waals surface area contributed by atoms with Gasteiger partial charge in [0.1, 0.15) is 12.6 Å². The quantitative estimate of drug-likeness (QED) is 0.533. The molecule has 3 aromatic rings. The number of hydrogen-bond acceptors (Lipinski definition) is 4. The third-order valence-corrected chi connectivity index (χ3v) is 6.32. The molecule has 0 saturated heterocycles. The maximum absolute atomic E-state index is 12.5. The van der Waals surface area contributed by atoms with Crippen LogP contribution in [0.5, 0.6) is 0 Å². The molecule has 1 aliphatic heterocycles. The van der Waals surface area contributed by atoms with E-state index >= 15 is 0 Å². The van der Waals surface area contributed by atoms with E-state index in [-0.39, 0.29) is 24.9 Å². The van der Waals surface area contributed by atoms with Crippen LogP contribution in [0.4, 0.5) is 10.5 Å². The number of hydrogen-bond donors (Lipinski definition) is 3. The number of carboxylic acids is 1. The van der Waals surface area contributed by atoms with Crippen molar-refractivity contribution in [1.29, 1.82) is 0 Å². The van der Waals surface area contributed by atoms with Crippen LogP contribution < -0.4 is 10.6 Å². The molecular formula is C26H22N2O5. The van der Waals surface area contributed by atoms with Gasteiger partial charge in [0.25, 0.3) is 0 Å². The number of anilines is 1. The fourth-order valence-corrected chi connectivity index (χ4v) is 4.75. The molecule has 0 aromatic heterocycles. The van der Waals surface area contributed by atoms with Crippen molar-refractivity contribution in [2.45, 2.75) is 24.3 Å². The average molecular weight is 442 g/mol. The van der Waals surface area contributed by atoms with Crippen LogP contribution in [-0.2, 0) is 14.3 Å². The molecule has 2 amide bonds. The Morgan fingerprint density at radius 1 is 0.879 bits per heavy atom. The van der Waals surface area contributed by atoms with Gasteiger partial charge >= 0.3 is 12.1 Å². The molecule has 0 fully saturated rings. The number of rotatable bonds is 6. The minimum atomic E-state index is -1.26. The lowest BCUT2D eigenvalue weighted by molar-refractivity contribution is -0.139. The fraction of sp³-hybridized carbons (Fsp3) is 0.192. The van der Waals surface area contributed by atoms with E-state index in [2.05, 4.69) is 10.6 Å². The Kier molecular flexibility index (Phi) is 5.30. The summed E-state index contributed by atoms with van der Waals surface area (Å²) in [6.07, 6.45) is -0.890. The first-order valence-corrected chi connectivity index (χ1v) is 10.8. The summed E-state index contributed by atoms with van der Waals surface area (Å²) >= 11 is 0. The molecule has 0 unspecified atom stereocenters. The molecule has 0 bridgehead atoms. The number of alkyl carbamates (subject to hydrolysis) is 1. The van der Waals surface area contributed by atoms with Crippen LogP contribution in [-0.4, -0.2) is 35.7 Å². The van der Waals surface area contributed by atoms with Gasteiger partial charge in [-0.2, -0.15) is 0 Å². The number of nitrogens with one attached hydrogen (secondary N) is 2. The number of ether oxygens (including phenoxy) is 1. The fourth-order valence-electron chi connectivity index (χ4n) is 4.75. The van der Waals surface area contributed by atoms with E-state index in [9.17, 15) is 19.5 Å². The van der Waals surface area contributed by atoms with Gasteiger partial charge in [-0.25, -0.2) is 9.59 Å². The Morgan fingerprint density at radius 2 is 1.45 bits per heavy atom. The maximum atomic E-state index is 12.5. The summed E-state index contributed by atoms with van der Waals surface area (Å²) in [6, 6.07) is 21.8. The number of benzene rings is 3. The van der Waals surface area contributed by atoms with Gasteiger partial charge in [0.2, 0.25) is 5.91 Å². The number of carboxylic acid groups (broad SMARTS) is 1. The van der Waals surface area contributed by atoms with Gasteiger partial charge in [-0.05, 0) is 40.3 Å². The number of fused-ring (bicyclic) bond motifs is 4. The van der Waals surface area contributed by atoms with Gasteiger partial charge in [0.05, 0.1) is 5.92 Å². The summed E-state index contributed by atoms with van der Waals surface area (Å²) in [5, 5.41) is 14.8. The third-order valence-electron chi connectivity index (χ3n) is 6.32. The van der Waals surface area contributed by atoms with Crippen molar-refractivity contribution in [3.05, 3.63) is 89.5 Å². The number of para-hydroxylation sites is 1. The highest BCUT2D eigenvalue weighted by molar-refractivity contribution is 6.03. The predicted octanol–water partition coefficient (Wildman–Crippen LogP) is 4.10. The van der Waals surface area contributed by atoms with Crippen molar-refractivity contribution in [1.82, 2.24) is 5.32 Å². The summed E-state index contributed by atoms with van der Waals surface area (Å²) in [7, 11) is 0. The van der Waals surface area contributed by atoms with Crippen LogP contribution in [0.15, 0.2) is 72.8 Å². The molecule has 2 atom stereocenters. The van der Waals surface area contributed by atoms with E-state index in [4.69, 9.17) is 4.74 Å². The van der Waals surface area contributed by atoms with Crippen molar-refractivity contribution in [2.75, 3.05) is 11.9 Å². The summed E-state index contributed by atoms with van der Waals surface area (Å²) in [4.78, 5) is 36.7. The Balaban J connectivity index is 1.27. The second-order valence-corrected chi connectivity index (χ2v) is 8.23. The molecular weight excluding hydrogens is 420 g/mol. The summed E-state index contributed by atoms with van der Waals surface area (Å²) in [5.74, 6) is -2.28. The minimum absolute atomic E-state index is 0.0671. The Morgan fingerprint density at radius 3 is 2.09 bits per heavy atom. The summed E-state index contributed by atoms with van der Waals surface area (Å²) in [5.41, 5.74) is 5.75. The molecule has 2 aliphatic rings. The molecule has 7 nitrogen and oxygen atoms in total. The van der Waals surface area contributed by atoms with E-state index in [1.807, 2.05) is 48.5 Å². The maximum Gasteiger partial charge on any atom is 0.407 e. The highest BCUT2D eigenvalue weighted by Crippen LogP contribution is 2.44. The predicted molar refractivity (Wildman–Crippen MR) is 122 cm³/mol. The normalized spacial score (nSPS) is 16.8. The standard InChI is InChI=1S/C26H22N2O5/c29-24-20(19-11-5-6-12-22(19)27-24)13-23(25(30)31)28-26(32)33-14-21-17-9-3-1-7-15(17)16-8-2-4-10-18(16)21/h1-12,20-21,23H,13-14H2,(H,27,29)(H,28,32)(H,30,31)/t20-,23-/m0/s1. The van der Waals surface area contributed by atoms with Crippen LogP contribution >= 0.6 is 0 Å². The van der Waals surface area contributed by atoms with Crippen molar-refractivity contribution < 1.29 is 24.2 Å². The Bertz CT molecular complexity index is 1210. The third kappa shape index (κ3) is 3.82. The van der Waals surface area contributed by atoms with Crippen molar-refractivity contribution >= 4 is 23.7 Å². The van der Waals surface area contributed by atoms with E-state index in [1.54, 1.807) is 24.3 Å². The molecule has 33 heavy (non-hydrogen) atoms. The number of amides is 2. The van der Waals surface area contributed by atoms with Crippen LogP contribution in [0.3, 0.4) is 0 Å². The second-order valence-electron chi connectivity index (χ2n) is 8.23. The molecule has 7 heteroatoms. The van der Waals surface area contributed by atoms with Gasteiger partial charge in [-0.1, -0.05) is 66.7 Å². The number of carbonyl (C=O) groups is 3. The van der Waals surface area contributed by atoms with Gasteiger partial charge in [0.15, 0.2) is 0 Å². The second kappa shape index (κ2) is 8.43. The van der Waals surface area contributed by atoms with Crippen molar-refractivity contribution in [3.63, 3.8) is 0 Å². The average Bonchev–Trinajstić information content (AvgIpc) is 3.31. The largest absolute Gasteiger partial charge is 0.480 e. The van der Waals surface area contributed by atoms with Crippen LogP contribution in [0, 0.1) is 0 Å². The van der Waals surface area contributed by atoms with E-state index < -0.39 is 24.0 Å². The smallest absolute Gasteiger partial charge is 0.407 e. The highest BCUT2D eigenvalue weighted by atomic mass is 16.5. The first kappa shape index (κ1) is 20.8. The molecule has 166 valence electrons. The molecule has 1 aliphatic carbocycles. The van der Waals surface area contributed by atoms with E-state index in [0.29, 0.717) is 5.69 Å². The van der Waals surface area contributed by atoms with Gasteiger partial charge in [0, 0.05) is 11.6 Å². The molecule has 5 rings (SSSR count). The zero-order valence-corrected chi connectivity index (χ0v) is 17.7. The van der Waals surface area contributed by atoms with Gasteiger partial charge in [-0.3, -0.25) is 4.79 Å². The summed E-state index contributed by atoms with van der Waals surface area (Å²) in [6.45, 7) is 0.0823. The molecule has 3 N–H and O–H groups in total. The van der Waals surface area contributed by atoms with Crippen molar-refractivity contribution in [2.24, 2.45) is 0 Å². The zero-order chi connectivity index (χ0) is 22.9. The molecule has 0 radical (unpaired) electrons. The Hall–Kier alpha value is -4.13. The first-order chi connectivity index (χ1) is 16.0. The van der Waals surface area contributed by atoms with Crippen LogP contribution in [0.25, 0.3) is 11.1 Å². The van der Waals surface area contributed by atoms with Crippen LogP contribution in [0.2, 0.25) is 0 Å². The van der Waals surface area contributed by atoms with Crippen molar-refractivity contribution in [3.8, 4) is 11.1 Å². The minimum Gasteiger partial charge on any atom is -0.480 e. The highest BCUT2D eigenvalue weighted by Gasteiger charge is 2.35. The molecule has 1 heterocycles. The molecule has 0 saturated carbocycles. The molecule has 0 spiro atoms. The molecule has 3 aromatic carbocycles. The topological polar surface area (TPSA) is 105 Å². The SMILES string of the molecule is O=C(N[C@@H](C[C@@H]1C(=O)Nc2ccccc21)C(=O)O)OCC1c2ccccc2-c2ccccc21. The van der Waals surface area contributed by atoms with E-state index in [1.165, 1.54) is 0 Å². The lowest BCUT2D eigenvalue weighted by Gasteiger charge is -2.19. The first-order valence-electron chi connectivity index (χ1n) is 10.8. The summed E-state index contributed by atoms with van der Waals surface area (Å²) < 4.78 is 5.47.